The van der Waals surface area contributed by atoms with Crippen LogP contribution in [0.2, 0.25) is 0 Å². The Balaban J connectivity index is 0. The normalized spacial score (nSPS) is 12.5. The smallest absolute Gasteiger partial charge is 0.328 e. The van der Waals surface area contributed by atoms with Crippen LogP contribution in [0.4, 0.5) is 0 Å². The van der Waals surface area contributed by atoms with Gasteiger partial charge < -0.3 is 29.5 Å². The van der Waals surface area contributed by atoms with Gasteiger partial charge in [0.25, 0.3) is 0 Å². The number of hydrogen-bond donors (Lipinski definition) is 0. The minimum atomic E-state index is -0.960. The van der Waals surface area contributed by atoms with Crippen LogP contribution in [0.25, 0.3) is 0 Å². The molecule has 0 saturated carbocycles. The molecule has 25 heavy (non-hydrogen) atoms. The maximum Gasteiger partial charge on any atom is 2.00 e. The molecule has 0 aromatic heterocycles. The Labute approximate surface area is 185 Å². The summed E-state index contributed by atoms with van der Waals surface area (Å²) in [6.45, 7) is 8.42. The van der Waals surface area contributed by atoms with Crippen molar-refractivity contribution in [1.29, 1.82) is 0 Å². The molecule has 0 bridgehead atoms. The molecule has 4 heteroatoms. The average molecular weight is 528 g/mol. The molecular weight excluding hydrogens is 493 g/mol. The molecule has 0 aliphatic carbocycles. The van der Waals surface area contributed by atoms with Gasteiger partial charge in [-0.05, 0) is 19.1 Å². The fraction of sp³-hybridized carbons (Fsp3) is 0.619. The number of aryl methyl sites for hydroxylation is 1. The predicted octanol–water partition coefficient (Wildman–Crippen LogP) is 7.44. The van der Waals surface area contributed by atoms with Crippen molar-refractivity contribution in [3.05, 3.63) is 41.7 Å². The van der Waals surface area contributed by atoms with Gasteiger partial charge in [0.1, 0.15) is 0 Å². The Hall–Kier alpha value is 0.723. The minimum absolute atomic E-state index is 0. The summed E-state index contributed by atoms with van der Waals surface area (Å²) < 4.78 is 12.4. The summed E-state index contributed by atoms with van der Waals surface area (Å²) in [5.74, 6) is 0. The van der Waals surface area contributed by atoms with Gasteiger partial charge in [-0.15, -0.1) is 0 Å². The monoisotopic (exact) mass is 526 g/mol. The quantitative estimate of drug-likeness (QED) is 0.119. The number of benzene rings is 1. The van der Waals surface area contributed by atoms with Crippen molar-refractivity contribution in [1.82, 2.24) is 0 Å². The van der Waals surface area contributed by atoms with Crippen LogP contribution in [0, 0.1) is 18.8 Å². The van der Waals surface area contributed by atoms with E-state index in [2.05, 4.69) is 25.7 Å². The van der Waals surface area contributed by atoms with E-state index in [1.54, 1.807) is 0 Å². The Morgan fingerprint density at radius 3 is 1.84 bits per heavy atom. The summed E-state index contributed by atoms with van der Waals surface area (Å²) in [6.07, 6.45) is 12.9. The summed E-state index contributed by atoms with van der Waals surface area (Å²) in [6, 6.07) is 8.00. The van der Waals surface area contributed by atoms with Gasteiger partial charge >= 0.3 is 19.5 Å². The van der Waals surface area contributed by atoms with E-state index in [-0.39, 0.29) is 24.7 Å². The molecule has 0 N–H and O–H groups in total. The Bertz CT molecular complexity index is 422. The third-order valence-corrected chi connectivity index (χ3v) is 5.76. The molecule has 2 atom stereocenters. The van der Waals surface area contributed by atoms with Crippen LogP contribution < -0.4 is 0 Å². The Kier molecular flexibility index (Phi) is 21.8. The van der Waals surface area contributed by atoms with E-state index in [1.807, 2.05) is 46.9 Å². The number of hydrogen-bond acceptors (Lipinski definition) is 1. The van der Waals surface area contributed by atoms with E-state index in [9.17, 15) is 4.21 Å². The van der Waals surface area contributed by atoms with Gasteiger partial charge in [0, 0.05) is 15.7 Å². The van der Waals surface area contributed by atoms with Crippen LogP contribution in [0.15, 0.2) is 29.2 Å². The molecule has 0 aliphatic heterocycles. The summed E-state index contributed by atoms with van der Waals surface area (Å²) >= 11 is 1.90. The zero-order valence-electron chi connectivity index (χ0n) is 16.3. The van der Waals surface area contributed by atoms with E-state index in [0.29, 0.717) is 0 Å². The second-order valence-electron chi connectivity index (χ2n) is 6.35. The van der Waals surface area contributed by atoms with Crippen LogP contribution >= 0.6 is 22.6 Å². The first-order valence-electron chi connectivity index (χ1n) is 9.22. The molecular formula is C21H35IOSZn. The molecule has 1 nitrogen and oxygen atoms in total. The van der Waals surface area contributed by atoms with Gasteiger partial charge in [-0.1, -0.05) is 94.1 Å². The number of unbranched alkanes of at least 4 members (excludes halogenated alkanes) is 8. The average Bonchev–Trinajstić information content (AvgIpc) is 2.62. The molecule has 0 spiro atoms. The zero-order valence-corrected chi connectivity index (χ0v) is 22.2. The van der Waals surface area contributed by atoms with E-state index in [4.69, 9.17) is 0 Å². The summed E-state index contributed by atoms with van der Waals surface area (Å²) in [5, 5.41) is 0.0206. The van der Waals surface area contributed by atoms with Crippen molar-refractivity contribution in [2.75, 3.05) is 0 Å². The molecule has 0 heterocycles. The van der Waals surface area contributed by atoms with Crippen LogP contribution in [-0.4, -0.2) is 9.46 Å². The van der Waals surface area contributed by atoms with E-state index >= 15 is 0 Å². The van der Waals surface area contributed by atoms with Crippen LogP contribution in [0.3, 0.4) is 0 Å². The number of rotatable bonds is 12. The molecule has 0 amide bonds. The van der Waals surface area contributed by atoms with E-state index in [1.165, 1.54) is 56.9 Å². The molecule has 1 aromatic rings. The largest absolute Gasteiger partial charge is 2.00 e. The zero-order chi connectivity index (χ0) is 18.2. The van der Waals surface area contributed by atoms with Crippen molar-refractivity contribution < 1.29 is 23.7 Å². The SMILES string of the molecule is [CH2-]C(CCCCCCCCCCC)S(=O)c1ccc(C)cc1.[CH2-]I.[Zn+2]. The molecule has 1 aromatic carbocycles. The maximum atomic E-state index is 12.4. The van der Waals surface area contributed by atoms with Crippen LogP contribution in [0.1, 0.15) is 76.7 Å². The molecule has 0 saturated heterocycles. The summed E-state index contributed by atoms with van der Waals surface area (Å²) in [7, 11) is -0.960. The first-order valence-corrected chi connectivity index (χ1v) is 12.0. The Morgan fingerprint density at radius 2 is 1.36 bits per heavy atom. The van der Waals surface area contributed by atoms with Crippen molar-refractivity contribution in [2.24, 2.45) is 0 Å². The third kappa shape index (κ3) is 14.4. The van der Waals surface area contributed by atoms with E-state index in [0.717, 1.165) is 17.7 Å². The molecule has 0 fully saturated rings. The van der Waals surface area contributed by atoms with E-state index < -0.39 is 10.8 Å². The second kappa shape index (κ2) is 19.5. The molecule has 0 radical (unpaired) electrons. The second-order valence-corrected chi connectivity index (χ2v) is 8.08. The molecule has 1 rings (SSSR count). The number of halogens is 1. The fourth-order valence-electron chi connectivity index (χ4n) is 2.65. The van der Waals surface area contributed by atoms with Crippen LogP contribution in [-0.2, 0) is 30.3 Å². The van der Waals surface area contributed by atoms with Gasteiger partial charge in [0.05, 0.1) is 0 Å². The standard InChI is InChI=1S/C20H33OS.CH2I.Zn/c1-4-5-6-7-8-9-10-11-12-13-19(3)22(21)20-16-14-18(2)15-17-20;1-2;/h14-17,19H,3-13H2,1-2H3;1H2;/q2*-1;+2. The van der Waals surface area contributed by atoms with Gasteiger partial charge in [-0.2, -0.15) is 0 Å². The molecule has 0 aliphatic rings. The van der Waals surface area contributed by atoms with Crippen molar-refractivity contribution in [2.45, 2.75) is 88.2 Å². The Morgan fingerprint density at radius 1 is 0.920 bits per heavy atom. The van der Waals surface area contributed by atoms with Crippen LogP contribution in [0.5, 0.6) is 0 Å². The first-order chi connectivity index (χ1) is 11.6. The molecule has 2 unspecified atom stereocenters. The first kappa shape index (κ1) is 27.9. The van der Waals surface area contributed by atoms with Crippen molar-refractivity contribution >= 4 is 33.4 Å². The predicted molar refractivity (Wildman–Crippen MR) is 118 cm³/mol. The maximum absolute atomic E-state index is 12.4. The summed E-state index contributed by atoms with van der Waals surface area (Å²) in [4.78, 5) is 4.14. The van der Waals surface area contributed by atoms with Crippen molar-refractivity contribution in [3.63, 3.8) is 0 Å². The van der Waals surface area contributed by atoms with Gasteiger partial charge in [-0.25, -0.2) is 0 Å². The van der Waals surface area contributed by atoms with Gasteiger partial charge in [0.2, 0.25) is 0 Å². The van der Waals surface area contributed by atoms with Crippen molar-refractivity contribution in [3.8, 4) is 0 Å². The van der Waals surface area contributed by atoms with Gasteiger partial charge in [-0.3, -0.25) is 9.14 Å². The summed E-state index contributed by atoms with van der Waals surface area (Å²) in [5.41, 5.74) is 1.21. The third-order valence-electron chi connectivity index (χ3n) is 4.19. The topological polar surface area (TPSA) is 17.1 Å². The minimum Gasteiger partial charge on any atom is -0.328 e. The fourth-order valence-corrected chi connectivity index (χ4v) is 3.82. The van der Waals surface area contributed by atoms with Gasteiger partial charge in [0.15, 0.2) is 0 Å². The molecule has 140 valence electrons.